The van der Waals surface area contributed by atoms with Gasteiger partial charge in [0.1, 0.15) is 0 Å². The number of aromatic amines is 1. The van der Waals surface area contributed by atoms with E-state index in [1.807, 2.05) is 25.4 Å². The lowest BCUT2D eigenvalue weighted by atomic mass is 10.1. The van der Waals surface area contributed by atoms with Crippen LogP contribution in [0.3, 0.4) is 0 Å². The summed E-state index contributed by atoms with van der Waals surface area (Å²) in [6, 6.07) is 6.22. The summed E-state index contributed by atoms with van der Waals surface area (Å²) in [5.74, 6) is 0. The second-order valence-corrected chi connectivity index (χ2v) is 3.74. The molecular weight excluding hydrogens is 196 g/mol. The van der Waals surface area contributed by atoms with Crippen molar-refractivity contribution in [1.82, 2.24) is 10.3 Å². The van der Waals surface area contributed by atoms with Gasteiger partial charge in [0.2, 0.25) is 0 Å². The Hall–Kier alpha value is -0.990. The predicted molar refractivity (Wildman–Crippen MR) is 60.9 cm³/mol. The first kappa shape index (κ1) is 9.56. The van der Waals surface area contributed by atoms with Crippen LogP contribution in [0.5, 0.6) is 0 Å². The van der Waals surface area contributed by atoms with Gasteiger partial charge in [0.15, 0.2) is 0 Å². The van der Waals surface area contributed by atoms with Crippen LogP contribution in [-0.4, -0.2) is 18.6 Å². The van der Waals surface area contributed by atoms with Gasteiger partial charge >= 0.3 is 0 Å². The number of benzene rings is 1. The van der Waals surface area contributed by atoms with Gasteiger partial charge in [-0.1, -0.05) is 29.8 Å². The molecular formula is C11H13ClN2. The Morgan fingerprint density at radius 3 is 3.07 bits per heavy atom. The van der Waals surface area contributed by atoms with Crippen molar-refractivity contribution in [1.29, 1.82) is 0 Å². The van der Waals surface area contributed by atoms with Crippen molar-refractivity contribution in [3.8, 4) is 0 Å². The van der Waals surface area contributed by atoms with Gasteiger partial charge < -0.3 is 10.3 Å². The third-order valence-corrected chi connectivity index (χ3v) is 2.71. The summed E-state index contributed by atoms with van der Waals surface area (Å²) in [7, 11) is 1.96. The molecule has 14 heavy (non-hydrogen) atoms. The average molecular weight is 209 g/mol. The Bertz CT molecular complexity index is 434. The number of nitrogens with one attached hydrogen (secondary N) is 2. The number of hydrogen-bond donors (Lipinski definition) is 2. The molecule has 0 unspecified atom stereocenters. The van der Waals surface area contributed by atoms with Crippen molar-refractivity contribution < 1.29 is 0 Å². The van der Waals surface area contributed by atoms with E-state index in [-0.39, 0.29) is 0 Å². The molecule has 2 aromatic rings. The third-order valence-electron chi connectivity index (χ3n) is 2.40. The van der Waals surface area contributed by atoms with E-state index >= 15 is 0 Å². The van der Waals surface area contributed by atoms with Crippen LogP contribution in [0.1, 0.15) is 5.56 Å². The SMILES string of the molecule is CNCCc1cccc2c(Cl)c[nH]c12. The summed E-state index contributed by atoms with van der Waals surface area (Å²) in [5, 5.41) is 5.05. The average Bonchev–Trinajstić information content (AvgIpc) is 2.58. The highest BCUT2D eigenvalue weighted by Gasteiger charge is 2.04. The van der Waals surface area contributed by atoms with Gasteiger partial charge in [-0.05, 0) is 25.6 Å². The summed E-state index contributed by atoms with van der Waals surface area (Å²) in [6.07, 6.45) is 2.86. The Balaban J connectivity index is 2.44. The largest absolute Gasteiger partial charge is 0.360 e. The number of halogens is 1. The molecule has 0 aliphatic heterocycles. The van der Waals surface area contributed by atoms with E-state index in [2.05, 4.69) is 16.4 Å². The van der Waals surface area contributed by atoms with Gasteiger partial charge in [0, 0.05) is 11.6 Å². The fourth-order valence-electron chi connectivity index (χ4n) is 1.65. The lowest BCUT2D eigenvalue weighted by molar-refractivity contribution is 0.794. The Morgan fingerprint density at radius 2 is 2.29 bits per heavy atom. The minimum atomic E-state index is 0.798. The van der Waals surface area contributed by atoms with Gasteiger partial charge in [-0.25, -0.2) is 0 Å². The minimum absolute atomic E-state index is 0.798. The lowest BCUT2D eigenvalue weighted by Gasteiger charge is -2.02. The van der Waals surface area contributed by atoms with Gasteiger partial charge in [0.05, 0.1) is 10.5 Å². The van der Waals surface area contributed by atoms with Crippen LogP contribution in [-0.2, 0) is 6.42 Å². The van der Waals surface area contributed by atoms with Crippen molar-refractivity contribution >= 4 is 22.5 Å². The Morgan fingerprint density at radius 1 is 1.43 bits per heavy atom. The molecule has 0 amide bonds. The first-order valence-electron chi connectivity index (χ1n) is 4.72. The third kappa shape index (κ3) is 1.63. The molecule has 0 saturated heterocycles. The molecule has 0 aliphatic carbocycles. The zero-order valence-electron chi connectivity index (χ0n) is 8.10. The van der Waals surface area contributed by atoms with E-state index in [1.54, 1.807) is 0 Å². The van der Waals surface area contributed by atoms with Gasteiger partial charge in [-0.2, -0.15) is 0 Å². The summed E-state index contributed by atoms with van der Waals surface area (Å²) >= 11 is 6.03. The van der Waals surface area contributed by atoms with Crippen LogP contribution in [0.4, 0.5) is 0 Å². The van der Waals surface area contributed by atoms with Crippen LogP contribution in [0, 0.1) is 0 Å². The summed E-state index contributed by atoms with van der Waals surface area (Å²) in [6.45, 7) is 0.982. The van der Waals surface area contributed by atoms with E-state index in [4.69, 9.17) is 11.6 Å². The van der Waals surface area contributed by atoms with Crippen LogP contribution < -0.4 is 5.32 Å². The first-order valence-corrected chi connectivity index (χ1v) is 5.10. The number of para-hydroxylation sites is 1. The standard InChI is InChI=1S/C11H13ClN2/c1-13-6-5-8-3-2-4-9-10(12)7-14-11(8)9/h2-4,7,13-14H,5-6H2,1H3. The van der Waals surface area contributed by atoms with Gasteiger partial charge in [-0.3, -0.25) is 0 Å². The normalized spacial score (nSPS) is 11.0. The zero-order chi connectivity index (χ0) is 9.97. The fraction of sp³-hybridized carbons (Fsp3) is 0.273. The van der Waals surface area contributed by atoms with E-state index in [0.29, 0.717) is 0 Å². The molecule has 2 N–H and O–H groups in total. The number of fused-ring (bicyclic) bond motifs is 1. The molecule has 0 radical (unpaired) electrons. The quantitative estimate of drug-likeness (QED) is 0.798. The molecule has 1 heterocycles. The molecule has 0 spiro atoms. The molecule has 2 rings (SSSR count). The molecule has 0 aliphatic rings. The highest BCUT2D eigenvalue weighted by Crippen LogP contribution is 2.25. The maximum absolute atomic E-state index is 6.03. The maximum atomic E-state index is 6.03. The number of H-pyrrole nitrogens is 1. The first-order chi connectivity index (χ1) is 6.83. The second kappa shape index (κ2) is 4.03. The van der Waals surface area contributed by atoms with Gasteiger partial charge in [-0.15, -0.1) is 0 Å². The Kier molecular flexibility index (Phi) is 2.75. The monoisotopic (exact) mass is 208 g/mol. The molecule has 2 nitrogen and oxygen atoms in total. The van der Waals surface area contributed by atoms with Crippen LogP contribution in [0.25, 0.3) is 10.9 Å². The molecule has 0 fully saturated rings. The highest BCUT2D eigenvalue weighted by molar-refractivity contribution is 6.35. The van der Waals surface area contributed by atoms with Crippen molar-refractivity contribution in [2.75, 3.05) is 13.6 Å². The van der Waals surface area contributed by atoms with Crippen LogP contribution >= 0.6 is 11.6 Å². The van der Waals surface area contributed by atoms with E-state index in [9.17, 15) is 0 Å². The molecule has 0 saturated carbocycles. The lowest BCUT2D eigenvalue weighted by Crippen LogP contribution is -2.10. The molecule has 74 valence electrons. The number of rotatable bonds is 3. The van der Waals surface area contributed by atoms with E-state index in [1.165, 1.54) is 5.56 Å². The second-order valence-electron chi connectivity index (χ2n) is 3.33. The number of hydrogen-bond acceptors (Lipinski definition) is 1. The smallest absolute Gasteiger partial charge is 0.0659 e. The zero-order valence-corrected chi connectivity index (χ0v) is 8.86. The minimum Gasteiger partial charge on any atom is -0.360 e. The topological polar surface area (TPSA) is 27.8 Å². The molecule has 3 heteroatoms. The molecule has 1 aromatic carbocycles. The highest BCUT2D eigenvalue weighted by atomic mass is 35.5. The van der Waals surface area contributed by atoms with Crippen molar-refractivity contribution in [3.63, 3.8) is 0 Å². The summed E-state index contributed by atoms with van der Waals surface area (Å²) in [4.78, 5) is 3.21. The molecule has 1 aromatic heterocycles. The van der Waals surface area contributed by atoms with Crippen molar-refractivity contribution in [2.45, 2.75) is 6.42 Å². The van der Waals surface area contributed by atoms with Crippen molar-refractivity contribution in [3.05, 3.63) is 35.0 Å². The maximum Gasteiger partial charge on any atom is 0.0659 e. The molecule has 0 bridgehead atoms. The Labute approximate surface area is 88.3 Å². The van der Waals surface area contributed by atoms with E-state index < -0.39 is 0 Å². The van der Waals surface area contributed by atoms with Gasteiger partial charge in [0.25, 0.3) is 0 Å². The van der Waals surface area contributed by atoms with Crippen molar-refractivity contribution in [2.24, 2.45) is 0 Å². The fourth-order valence-corrected chi connectivity index (χ4v) is 1.86. The van der Waals surface area contributed by atoms with E-state index in [0.717, 1.165) is 28.9 Å². The van der Waals surface area contributed by atoms with Crippen LogP contribution in [0.2, 0.25) is 5.02 Å². The summed E-state index contributed by atoms with van der Waals surface area (Å²) in [5.41, 5.74) is 2.47. The summed E-state index contributed by atoms with van der Waals surface area (Å²) < 4.78 is 0. The number of aromatic nitrogens is 1. The van der Waals surface area contributed by atoms with Crippen LogP contribution in [0.15, 0.2) is 24.4 Å². The predicted octanol–water partition coefficient (Wildman–Crippen LogP) is 2.58. The molecule has 0 atom stereocenters. The number of likely N-dealkylation sites (N-methyl/N-ethyl adjacent to an activating group) is 1.